The van der Waals surface area contributed by atoms with Gasteiger partial charge in [-0.2, -0.15) is 13.2 Å². The summed E-state index contributed by atoms with van der Waals surface area (Å²) in [5.41, 5.74) is -2.49. The number of alkyl carbamates (subject to hydrolysis) is 1. The fraction of sp³-hybridized carbons (Fsp3) is 0.643. The second-order valence-electron chi connectivity index (χ2n) is 12.0. The standard InChI is InChI=1S/C28H40F3N3O6/c1-26(2,3)39-23(36)13-10-17-15-20(33-25(38)40-27(4,5)6)11-12-21(17)34-22(35)16-32-24(37)18-8-7-9-19(14-18)28(29,30)31/h7-9,14,17,20-21H,10-13,15-16H2,1-6H3,(H,32,37)(H,33,38)(H,34,35)/t17-,20-,21+/m1/s1. The third kappa shape index (κ3) is 11.8. The van der Waals surface area contributed by atoms with E-state index in [1.165, 1.54) is 6.07 Å². The van der Waals surface area contributed by atoms with Crippen LogP contribution < -0.4 is 16.0 Å². The zero-order chi connectivity index (χ0) is 30.3. The predicted molar refractivity (Wildman–Crippen MR) is 141 cm³/mol. The number of alkyl halides is 3. The van der Waals surface area contributed by atoms with Crippen LogP contribution in [0.1, 0.15) is 89.6 Å². The van der Waals surface area contributed by atoms with Gasteiger partial charge in [0.05, 0.1) is 12.1 Å². The Morgan fingerprint density at radius 2 is 1.57 bits per heavy atom. The lowest BCUT2D eigenvalue weighted by Gasteiger charge is -2.37. The molecule has 0 bridgehead atoms. The lowest BCUT2D eigenvalue weighted by molar-refractivity contribution is -0.155. The average Bonchev–Trinajstić information content (AvgIpc) is 2.79. The van der Waals surface area contributed by atoms with E-state index in [4.69, 9.17) is 9.47 Å². The normalized spacial score (nSPS) is 19.8. The van der Waals surface area contributed by atoms with E-state index >= 15 is 0 Å². The zero-order valence-electron chi connectivity index (χ0n) is 23.9. The molecule has 3 N–H and O–H groups in total. The first-order valence-corrected chi connectivity index (χ1v) is 13.3. The van der Waals surface area contributed by atoms with Crippen LogP contribution in [0.4, 0.5) is 18.0 Å². The summed E-state index contributed by atoms with van der Waals surface area (Å²) < 4.78 is 49.6. The molecule has 0 aliphatic heterocycles. The molecule has 1 aromatic rings. The molecule has 0 aromatic heterocycles. The van der Waals surface area contributed by atoms with Gasteiger partial charge in [0, 0.05) is 24.1 Å². The minimum atomic E-state index is -4.60. The van der Waals surface area contributed by atoms with Gasteiger partial charge >= 0.3 is 18.2 Å². The third-order valence-electron chi connectivity index (χ3n) is 6.05. The number of benzene rings is 1. The number of amides is 3. The molecule has 1 saturated carbocycles. The van der Waals surface area contributed by atoms with Crippen LogP contribution in [-0.4, -0.2) is 53.7 Å². The Morgan fingerprint density at radius 3 is 2.17 bits per heavy atom. The highest BCUT2D eigenvalue weighted by atomic mass is 19.4. The minimum absolute atomic E-state index is 0.111. The number of hydrogen-bond donors (Lipinski definition) is 3. The molecular weight excluding hydrogens is 531 g/mol. The van der Waals surface area contributed by atoms with E-state index in [9.17, 15) is 32.3 Å². The fourth-order valence-electron chi connectivity index (χ4n) is 4.43. The highest BCUT2D eigenvalue weighted by Crippen LogP contribution is 2.30. The Kier molecular flexibility index (Phi) is 11.0. The molecule has 224 valence electrons. The van der Waals surface area contributed by atoms with Gasteiger partial charge in [0.1, 0.15) is 11.2 Å². The summed E-state index contributed by atoms with van der Waals surface area (Å²) in [6.07, 6.45) is -3.13. The van der Waals surface area contributed by atoms with Crippen molar-refractivity contribution in [2.75, 3.05) is 6.54 Å². The molecule has 0 spiro atoms. The largest absolute Gasteiger partial charge is 0.460 e. The summed E-state index contributed by atoms with van der Waals surface area (Å²) in [6, 6.07) is 3.35. The molecule has 9 nitrogen and oxygen atoms in total. The molecule has 0 heterocycles. The first kappa shape index (κ1) is 32.9. The number of carbonyl (C=O) groups is 4. The Bertz CT molecular complexity index is 1060. The number of carbonyl (C=O) groups excluding carboxylic acids is 4. The van der Waals surface area contributed by atoms with Crippen molar-refractivity contribution in [3.05, 3.63) is 35.4 Å². The molecule has 0 saturated heterocycles. The number of ether oxygens (including phenoxy) is 2. The number of hydrogen-bond acceptors (Lipinski definition) is 6. The first-order valence-electron chi connectivity index (χ1n) is 13.3. The first-order chi connectivity index (χ1) is 18.3. The molecule has 3 atom stereocenters. The van der Waals surface area contributed by atoms with Crippen molar-refractivity contribution < 1.29 is 41.8 Å². The van der Waals surface area contributed by atoms with Crippen molar-refractivity contribution in [3.63, 3.8) is 0 Å². The Morgan fingerprint density at radius 1 is 0.925 bits per heavy atom. The summed E-state index contributed by atoms with van der Waals surface area (Å²) in [6.45, 7) is 10.1. The number of nitrogens with one attached hydrogen (secondary N) is 3. The second-order valence-corrected chi connectivity index (χ2v) is 12.0. The van der Waals surface area contributed by atoms with Gasteiger partial charge in [0.15, 0.2) is 0 Å². The van der Waals surface area contributed by atoms with E-state index in [0.29, 0.717) is 25.7 Å². The molecular formula is C28H40F3N3O6. The van der Waals surface area contributed by atoms with Gasteiger partial charge < -0.3 is 25.4 Å². The van der Waals surface area contributed by atoms with Gasteiger partial charge in [-0.3, -0.25) is 14.4 Å². The van der Waals surface area contributed by atoms with Gasteiger partial charge in [-0.05, 0) is 91.3 Å². The summed E-state index contributed by atoms with van der Waals surface area (Å²) >= 11 is 0. The summed E-state index contributed by atoms with van der Waals surface area (Å²) in [5, 5.41) is 8.07. The monoisotopic (exact) mass is 571 g/mol. The zero-order valence-corrected chi connectivity index (χ0v) is 23.9. The lowest BCUT2D eigenvalue weighted by atomic mass is 9.79. The molecule has 0 unspecified atom stereocenters. The van der Waals surface area contributed by atoms with E-state index in [-0.39, 0.29) is 36.0 Å². The van der Waals surface area contributed by atoms with Gasteiger partial charge in [0.2, 0.25) is 5.91 Å². The van der Waals surface area contributed by atoms with E-state index in [1.807, 2.05) is 0 Å². The molecule has 2 rings (SSSR count). The summed E-state index contributed by atoms with van der Waals surface area (Å²) in [7, 11) is 0. The molecule has 0 radical (unpaired) electrons. The molecule has 1 aliphatic carbocycles. The van der Waals surface area contributed by atoms with Crippen molar-refractivity contribution in [3.8, 4) is 0 Å². The third-order valence-corrected chi connectivity index (χ3v) is 6.05. The van der Waals surface area contributed by atoms with E-state index in [1.54, 1.807) is 41.5 Å². The fourth-order valence-corrected chi connectivity index (χ4v) is 4.43. The quantitative estimate of drug-likeness (QED) is 0.388. The van der Waals surface area contributed by atoms with Crippen LogP contribution in [0, 0.1) is 5.92 Å². The SMILES string of the molecule is CC(C)(C)OC(=O)CC[C@@H]1C[C@H](NC(=O)OC(C)(C)C)CC[C@@H]1NC(=O)CNC(=O)c1cccc(C(F)(F)F)c1. The van der Waals surface area contributed by atoms with Gasteiger partial charge in [-0.1, -0.05) is 6.07 Å². The maximum absolute atomic E-state index is 13.0. The molecule has 1 fully saturated rings. The molecule has 1 aliphatic rings. The Hall–Kier alpha value is -3.31. The Labute approximate surface area is 232 Å². The van der Waals surface area contributed by atoms with Gasteiger partial charge in [-0.25, -0.2) is 4.79 Å². The van der Waals surface area contributed by atoms with Crippen LogP contribution >= 0.6 is 0 Å². The Balaban J connectivity index is 2.00. The van der Waals surface area contributed by atoms with Crippen LogP contribution in [0.15, 0.2) is 24.3 Å². The number of esters is 1. The summed E-state index contributed by atoms with van der Waals surface area (Å²) in [4.78, 5) is 49.6. The van der Waals surface area contributed by atoms with Crippen LogP contribution in [-0.2, 0) is 25.2 Å². The van der Waals surface area contributed by atoms with E-state index in [0.717, 1.165) is 18.2 Å². The van der Waals surface area contributed by atoms with Crippen molar-refractivity contribution in [1.29, 1.82) is 0 Å². The minimum Gasteiger partial charge on any atom is -0.460 e. The molecule has 40 heavy (non-hydrogen) atoms. The molecule has 12 heteroatoms. The van der Waals surface area contributed by atoms with Crippen molar-refractivity contribution >= 4 is 23.9 Å². The smallest absolute Gasteiger partial charge is 0.416 e. The average molecular weight is 572 g/mol. The summed E-state index contributed by atoms with van der Waals surface area (Å²) in [5.74, 6) is -1.91. The number of rotatable bonds is 8. The van der Waals surface area contributed by atoms with Crippen LogP contribution in [0.5, 0.6) is 0 Å². The van der Waals surface area contributed by atoms with E-state index < -0.39 is 47.4 Å². The van der Waals surface area contributed by atoms with Gasteiger partial charge in [-0.15, -0.1) is 0 Å². The van der Waals surface area contributed by atoms with Crippen LogP contribution in [0.3, 0.4) is 0 Å². The van der Waals surface area contributed by atoms with Crippen molar-refractivity contribution in [2.45, 2.75) is 103 Å². The molecule has 3 amide bonds. The van der Waals surface area contributed by atoms with Crippen molar-refractivity contribution in [2.24, 2.45) is 5.92 Å². The maximum atomic E-state index is 13.0. The highest BCUT2D eigenvalue weighted by molar-refractivity contribution is 5.96. The lowest BCUT2D eigenvalue weighted by Crippen LogP contribution is -2.51. The maximum Gasteiger partial charge on any atom is 0.416 e. The second kappa shape index (κ2) is 13.4. The van der Waals surface area contributed by atoms with E-state index in [2.05, 4.69) is 16.0 Å². The molecule has 1 aromatic carbocycles. The van der Waals surface area contributed by atoms with Gasteiger partial charge in [0.25, 0.3) is 5.91 Å². The van der Waals surface area contributed by atoms with Crippen molar-refractivity contribution in [1.82, 2.24) is 16.0 Å². The topological polar surface area (TPSA) is 123 Å². The van der Waals surface area contributed by atoms with Crippen LogP contribution in [0.2, 0.25) is 0 Å². The predicted octanol–water partition coefficient (Wildman–Crippen LogP) is 4.74. The van der Waals surface area contributed by atoms with Crippen LogP contribution in [0.25, 0.3) is 0 Å². The number of halogens is 3. The highest BCUT2D eigenvalue weighted by Gasteiger charge is 2.34.